The van der Waals surface area contributed by atoms with E-state index in [1.807, 2.05) is 67.1 Å². The van der Waals surface area contributed by atoms with Crippen molar-refractivity contribution in [1.82, 2.24) is 9.78 Å². The topological polar surface area (TPSA) is 88.5 Å². The second-order valence-electron chi connectivity index (χ2n) is 8.67. The van der Waals surface area contributed by atoms with Crippen LogP contribution in [0.1, 0.15) is 31.0 Å². The van der Waals surface area contributed by atoms with E-state index in [-0.39, 0.29) is 17.7 Å². The van der Waals surface area contributed by atoms with Crippen LogP contribution in [0.5, 0.6) is 5.75 Å². The molecule has 0 bridgehead atoms. The smallest absolute Gasteiger partial charge is 0.227 e. The van der Waals surface area contributed by atoms with E-state index in [2.05, 4.69) is 15.5 Å². The molecule has 0 spiro atoms. The molecule has 34 heavy (non-hydrogen) atoms. The van der Waals surface area contributed by atoms with E-state index in [4.69, 9.17) is 9.84 Å². The summed E-state index contributed by atoms with van der Waals surface area (Å²) in [7, 11) is 1.60. The van der Waals surface area contributed by atoms with Crippen LogP contribution >= 0.6 is 0 Å². The van der Waals surface area contributed by atoms with Gasteiger partial charge in [-0.2, -0.15) is 5.10 Å². The molecule has 0 aliphatic carbocycles. The predicted octanol–water partition coefficient (Wildman–Crippen LogP) is 4.31. The van der Waals surface area contributed by atoms with E-state index >= 15 is 0 Å². The monoisotopic (exact) mass is 461 g/mol. The normalized spacial score (nSPS) is 14.1. The average Bonchev–Trinajstić information content (AvgIpc) is 3.15. The van der Waals surface area contributed by atoms with Gasteiger partial charge in [0.15, 0.2) is 5.82 Å². The van der Waals surface area contributed by atoms with E-state index in [1.54, 1.807) is 7.11 Å². The molecule has 0 saturated carbocycles. The van der Waals surface area contributed by atoms with Gasteiger partial charge in [-0.3, -0.25) is 9.59 Å². The first-order valence-corrected chi connectivity index (χ1v) is 11.5. The van der Waals surface area contributed by atoms with Crippen LogP contribution in [0.25, 0.3) is 5.69 Å². The molecule has 2 amide bonds. The van der Waals surface area contributed by atoms with Crippen molar-refractivity contribution in [3.05, 3.63) is 59.8 Å². The predicted molar refractivity (Wildman–Crippen MR) is 134 cm³/mol. The third-order valence-electron chi connectivity index (χ3n) is 6.12. The van der Waals surface area contributed by atoms with Crippen LogP contribution < -0.4 is 20.3 Å². The van der Waals surface area contributed by atoms with Crippen molar-refractivity contribution in [2.45, 2.75) is 33.6 Å². The molecular weight excluding hydrogens is 430 g/mol. The van der Waals surface area contributed by atoms with Crippen molar-refractivity contribution in [3.63, 3.8) is 0 Å². The molecule has 2 N–H and O–H groups in total. The van der Waals surface area contributed by atoms with Crippen LogP contribution in [0.4, 0.5) is 17.2 Å². The van der Waals surface area contributed by atoms with E-state index in [0.29, 0.717) is 43.1 Å². The molecule has 1 aromatic heterocycles. The zero-order chi connectivity index (χ0) is 24.2. The Bertz CT molecular complexity index is 1180. The number of hydrogen-bond acceptors (Lipinski definition) is 5. The highest BCUT2D eigenvalue weighted by molar-refractivity contribution is 5.95. The highest BCUT2D eigenvalue weighted by atomic mass is 16.5. The van der Waals surface area contributed by atoms with Crippen molar-refractivity contribution >= 4 is 29.0 Å². The molecule has 0 radical (unpaired) electrons. The molecule has 8 nitrogen and oxygen atoms in total. The third kappa shape index (κ3) is 4.90. The number of amides is 2. The number of methoxy groups -OCH3 is 1. The van der Waals surface area contributed by atoms with Gasteiger partial charge in [-0.1, -0.05) is 24.3 Å². The SMILES string of the molecule is COc1ccc(C)cc1NC(=O)C1CCN(c2c(NC(C)=O)c(C)nn2-c2ccccc2)CC1. The maximum atomic E-state index is 13.0. The highest BCUT2D eigenvalue weighted by Crippen LogP contribution is 2.35. The molecule has 1 aliphatic heterocycles. The minimum Gasteiger partial charge on any atom is -0.495 e. The standard InChI is InChI=1S/C26H31N5O3/c1-17-10-11-23(34-4)22(16-17)28-25(33)20-12-14-30(15-13-20)26-24(27-19(3)32)18(2)29-31(26)21-8-6-5-7-9-21/h5-11,16,20H,12-15H2,1-4H3,(H,27,32)(H,28,33). The number of hydrogen-bond donors (Lipinski definition) is 2. The van der Waals surface area contributed by atoms with Crippen LogP contribution in [-0.2, 0) is 9.59 Å². The minimum atomic E-state index is -0.140. The third-order valence-corrected chi connectivity index (χ3v) is 6.12. The van der Waals surface area contributed by atoms with E-state index in [1.165, 1.54) is 6.92 Å². The van der Waals surface area contributed by atoms with Crippen molar-refractivity contribution in [2.75, 3.05) is 35.7 Å². The largest absolute Gasteiger partial charge is 0.495 e. The number of para-hydroxylation sites is 1. The number of piperidine rings is 1. The number of rotatable bonds is 6. The lowest BCUT2D eigenvalue weighted by Crippen LogP contribution is -2.39. The zero-order valence-electron chi connectivity index (χ0n) is 20.1. The Morgan fingerprint density at radius 3 is 2.38 bits per heavy atom. The first-order valence-electron chi connectivity index (χ1n) is 11.5. The molecule has 2 heterocycles. The van der Waals surface area contributed by atoms with Gasteiger partial charge in [0.2, 0.25) is 11.8 Å². The van der Waals surface area contributed by atoms with Crippen molar-refractivity contribution in [2.24, 2.45) is 5.92 Å². The van der Waals surface area contributed by atoms with Crippen molar-refractivity contribution < 1.29 is 14.3 Å². The number of carbonyl (C=O) groups is 2. The van der Waals surface area contributed by atoms with Gasteiger partial charge in [0.25, 0.3) is 0 Å². The van der Waals surface area contributed by atoms with Gasteiger partial charge >= 0.3 is 0 Å². The fourth-order valence-electron chi connectivity index (χ4n) is 4.39. The minimum absolute atomic E-state index is 0.00150. The zero-order valence-corrected chi connectivity index (χ0v) is 20.1. The molecule has 3 aromatic rings. The second kappa shape index (κ2) is 9.99. The summed E-state index contributed by atoms with van der Waals surface area (Å²) in [6.45, 7) is 6.72. The molecule has 8 heteroatoms. The van der Waals surface area contributed by atoms with Gasteiger partial charge < -0.3 is 20.3 Å². The summed E-state index contributed by atoms with van der Waals surface area (Å²) < 4.78 is 7.27. The Kier molecular flexibility index (Phi) is 6.86. The number of benzene rings is 2. The number of ether oxygens (including phenoxy) is 1. The van der Waals surface area contributed by atoms with E-state index in [0.717, 1.165) is 22.8 Å². The molecular formula is C26H31N5O3. The Morgan fingerprint density at radius 2 is 1.74 bits per heavy atom. The number of anilines is 3. The maximum Gasteiger partial charge on any atom is 0.227 e. The van der Waals surface area contributed by atoms with Crippen LogP contribution in [0.2, 0.25) is 0 Å². The quantitative estimate of drug-likeness (QED) is 0.571. The molecule has 1 saturated heterocycles. The Hall–Kier alpha value is -3.81. The van der Waals surface area contributed by atoms with Gasteiger partial charge in [-0.15, -0.1) is 0 Å². The van der Waals surface area contributed by atoms with Crippen LogP contribution in [0, 0.1) is 19.8 Å². The lowest BCUT2D eigenvalue weighted by Gasteiger charge is -2.33. The van der Waals surface area contributed by atoms with Crippen LogP contribution in [0.3, 0.4) is 0 Å². The first kappa shape index (κ1) is 23.4. The fraction of sp³-hybridized carbons (Fsp3) is 0.346. The maximum absolute atomic E-state index is 13.0. The van der Waals surface area contributed by atoms with Gasteiger partial charge in [-0.05, 0) is 56.5 Å². The number of nitrogens with one attached hydrogen (secondary N) is 2. The summed E-state index contributed by atoms with van der Waals surface area (Å²) in [4.78, 5) is 27.1. The summed E-state index contributed by atoms with van der Waals surface area (Å²) in [6, 6.07) is 15.6. The molecule has 1 fully saturated rings. The van der Waals surface area contributed by atoms with E-state index < -0.39 is 0 Å². The lowest BCUT2D eigenvalue weighted by molar-refractivity contribution is -0.120. The van der Waals surface area contributed by atoms with Crippen molar-refractivity contribution in [3.8, 4) is 11.4 Å². The molecule has 0 unspecified atom stereocenters. The molecule has 178 valence electrons. The number of carbonyl (C=O) groups excluding carboxylic acids is 2. The Balaban J connectivity index is 1.53. The molecule has 4 rings (SSSR count). The fourth-order valence-corrected chi connectivity index (χ4v) is 4.39. The summed E-state index contributed by atoms with van der Waals surface area (Å²) in [5.74, 6) is 1.24. The van der Waals surface area contributed by atoms with Crippen LogP contribution in [-0.4, -0.2) is 41.8 Å². The van der Waals surface area contributed by atoms with Gasteiger partial charge in [0, 0.05) is 25.9 Å². The number of nitrogens with zero attached hydrogens (tertiary/aromatic N) is 3. The average molecular weight is 462 g/mol. The van der Waals surface area contributed by atoms with Gasteiger partial charge in [0.05, 0.1) is 24.2 Å². The van der Waals surface area contributed by atoms with Crippen molar-refractivity contribution in [1.29, 1.82) is 0 Å². The lowest BCUT2D eigenvalue weighted by atomic mass is 9.95. The summed E-state index contributed by atoms with van der Waals surface area (Å²) >= 11 is 0. The molecule has 2 aromatic carbocycles. The summed E-state index contributed by atoms with van der Waals surface area (Å²) in [6.07, 6.45) is 1.39. The first-order chi connectivity index (χ1) is 16.4. The second-order valence-corrected chi connectivity index (χ2v) is 8.67. The molecule has 1 aliphatic rings. The summed E-state index contributed by atoms with van der Waals surface area (Å²) in [5.41, 5.74) is 4.13. The van der Waals surface area contributed by atoms with Gasteiger partial charge in [0.1, 0.15) is 11.4 Å². The number of aromatic nitrogens is 2. The van der Waals surface area contributed by atoms with E-state index in [9.17, 15) is 9.59 Å². The summed E-state index contributed by atoms with van der Waals surface area (Å²) in [5, 5.41) is 10.7. The van der Waals surface area contributed by atoms with Crippen LogP contribution in [0.15, 0.2) is 48.5 Å². The Labute approximate surface area is 199 Å². The Morgan fingerprint density at radius 1 is 1.03 bits per heavy atom. The molecule has 0 atom stereocenters. The number of aryl methyl sites for hydroxylation is 2. The van der Waals surface area contributed by atoms with Gasteiger partial charge in [-0.25, -0.2) is 4.68 Å². The highest BCUT2D eigenvalue weighted by Gasteiger charge is 2.30.